The smallest absolute Gasteiger partial charge is 0.406 e. The Kier molecular flexibility index (Phi) is 4.62. The third kappa shape index (κ3) is 4.77. The molecule has 0 unspecified atom stereocenters. The molecule has 11 heteroatoms. The first kappa shape index (κ1) is 18.9. The van der Waals surface area contributed by atoms with Crippen LogP contribution in [0.3, 0.4) is 0 Å². The molecule has 0 atom stereocenters. The summed E-state index contributed by atoms with van der Waals surface area (Å²) < 4.78 is 117. The molecule has 2 aromatic rings. The van der Waals surface area contributed by atoms with Crippen molar-refractivity contribution in [2.24, 2.45) is 0 Å². The molecule has 0 spiro atoms. The van der Waals surface area contributed by atoms with Crippen molar-refractivity contribution in [1.29, 1.82) is 0 Å². The number of aromatic nitrogens is 1. The van der Waals surface area contributed by atoms with Crippen LogP contribution in [-0.2, 0) is 12.4 Å². The molecule has 136 valence electrons. The second-order valence-corrected chi connectivity index (χ2v) is 4.69. The number of pyridine rings is 1. The van der Waals surface area contributed by atoms with Crippen molar-refractivity contribution in [3.05, 3.63) is 47.8 Å². The highest BCUT2D eigenvalue weighted by atomic mass is 19.4. The maximum absolute atomic E-state index is 12.9. The molecule has 0 amide bonds. The van der Waals surface area contributed by atoms with Gasteiger partial charge in [0, 0.05) is 11.8 Å². The zero-order valence-electron chi connectivity index (χ0n) is 11.7. The second-order valence-electron chi connectivity index (χ2n) is 4.69. The van der Waals surface area contributed by atoms with E-state index in [0.29, 0.717) is 12.1 Å². The summed E-state index contributed by atoms with van der Waals surface area (Å²) in [5.41, 5.74) is -4.34. The fourth-order valence-electron chi connectivity index (χ4n) is 1.90. The number of halogens is 9. The van der Waals surface area contributed by atoms with Gasteiger partial charge in [0.2, 0.25) is 0 Å². The van der Waals surface area contributed by atoms with Crippen LogP contribution >= 0.6 is 0 Å². The standard InChI is InChI=1S/C14H6F9NO/c15-12(16,17)8-5-10(11(24-6-8)13(18,19)20)7-1-3-9(4-2-7)25-14(21,22)23/h1-6H. The minimum Gasteiger partial charge on any atom is -0.406 e. The molecule has 25 heavy (non-hydrogen) atoms. The van der Waals surface area contributed by atoms with Gasteiger partial charge < -0.3 is 4.74 Å². The number of benzene rings is 1. The molecular formula is C14H6F9NO. The van der Waals surface area contributed by atoms with Gasteiger partial charge in [-0.1, -0.05) is 12.1 Å². The molecule has 1 heterocycles. The summed E-state index contributed by atoms with van der Waals surface area (Å²) in [6.07, 6.45) is -15.0. The van der Waals surface area contributed by atoms with Crippen LogP contribution in [0.15, 0.2) is 36.5 Å². The number of ether oxygens (including phenoxy) is 1. The van der Waals surface area contributed by atoms with Gasteiger partial charge in [0.1, 0.15) is 5.75 Å². The number of hydrogen-bond acceptors (Lipinski definition) is 2. The van der Waals surface area contributed by atoms with Crippen LogP contribution in [0.4, 0.5) is 39.5 Å². The topological polar surface area (TPSA) is 22.1 Å². The highest BCUT2D eigenvalue weighted by molar-refractivity contribution is 5.68. The van der Waals surface area contributed by atoms with Crippen LogP contribution < -0.4 is 4.74 Å². The van der Waals surface area contributed by atoms with Crippen molar-refractivity contribution >= 4 is 0 Å². The van der Waals surface area contributed by atoms with E-state index < -0.39 is 46.8 Å². The van der Waals surface area contributed by atoms with Gasteiger partial charge in [-0.05, 0) is 23.8 Å². The maximum Gasteiger partial charge on any atom is 0.573 e. The molecule has 0 fully saturated rings. The van der Waals surface area contributed by atoms with Gasteiger partial charge in [-0.3, -0.25) is 4.98 Å². The molecule has 0 N–H and O–H groups in total. The molecule has 0 bridgehead atoms. The molecule has 0 radical (unpaired) electrons. The Morgan fingerprint density at radius 2 is 1.32 bits per heavy atom. The van der Waals surface area contributed by atoms with E-state index in [2.05, 4.69) is 9.72 Å². The molecule has 2 nitrogen and oxygen atoms in total. The third-order valence-electron chi connectivity index (χ3n) is 2.88. The molecule has 0 saturated heterocycles. The Labute approximate surface area is 133 Å². The molecule has 0 aliphatic carbocycles. The zero-order chi connectivity index (χ0) is 19.0. The minimum atomic E-state index is -5.05. The Morgan fingerprint density at radius 1 is 0.760 bits per heavy atom. The molecule has 2 rings (SSSR count). The van der Waals surface area contributed by atoms with E-state index in [1.807, 2.05) is 0 Å². The van der Waals surface area contributed by atoms with E-state index in [0.717, 1.165) is 12.1 Å². The van der Waals surface area contributed by atoms with Crippen molar-refractivity contribution in [2.75, 3.05) is 0 Å². The Balaban J connectivity index is 2.52. The van der Waals surface area contributed by atoms with Crippen molar-refractivity contribution in [3.63, 3.8) is 0 Å². The van der Waals surface area contributed by atoms with E-state index in [1.165, 1.54) is 0 Å². The van der Waals surface area contributed by atoms with Crippen molar-refractivity contribution in [1.82, 2.24) is 4.98 Å². The summed E-state index contributed by atoms with van der Waals surface area (Å²) in [4.78, 5) is 2.82. The largest absolute Gasteiger partial charge is 0.573 e. The first-order valence-electron chi connectivity index (χ1n) is 6.28. The van der Waals surface area contributed by atoms with E-state index in [9.17, 15) is 39.5 Å². The van der Waals surface area contributed by atoms with Crippen LogP contribution in [-0.4, -0.2) is 11.3 Å². The van der Waals surface area contributed by atoms with Gasteiger partial charge in [0.05, 0.1) is 5.56 Å². The lowest BCUT2D eigenvalue weighted by atomic mass is 10.0. The van der Waals surface area contributed by atoms with Crippen LogP contribution in [0, 0.1) is 0 Å². The summed E-state index contributed by atoms with van der Waals surface area (Å²) >= 11 is 0. The van der Waals surface area contributed by atoms with E-state index in [-0.39, 0.29) is 12.3 Å². The van der Waals surface area contributed by atoms with Crippen LogP contribution in [0.5, 0.6) is 5.75 Å². The summed E-state index contributed by atoms with van der Waals surface area (Å²) in [6.45, 7) is 0. The summed E-state index contributed by atoms with van der Waals surface area (Å²) in [7, 11) is 0. The highest BCUT2D eigenvalue weighted by Crippen LogP contribution is 2.39. The lowest BCUT2D eigenvalue weighted by Crippen LogP contribution is -2.17. The first-order chi connectivity index (χ1) is 11.3. The monoisotopic (exact) mass is 375 g/mol. The van der Waals surface area contributed by atoms with Crippen LogP contribution in [0.1, 0.15) is 11.3 Å². The molecule has 0 saturated carbocycles. The first-order valence-corrected chi connectivity index (χ1v) is 6.28. The summed E-state index contributed by atoms with van der Waals surface area (Å²) in [5, 5.41) is 0. The minimum absolute atomic E-state index is 0.0352. The summed E-state index contributed by atoms with van der Waals surface area (Å²) in [6, 6.07) is 3.14. The maximum atomic E-state index is 12.9. The third-order valence-corrected chi connectivity index (χ3v) is 2.88. The lowest BCUT2D eigenvalue weighted by Gasteiger charge is -2.15. The molecule has 1 aromatic carbocycles. The predicted octanol–water partition coefficient (Wildman–Crippen LogP) is 5.68. The molecular weight excluding hydrogens is 369 g/mol. The lowest BCUT2D eigenvalue weighted by molar-refractivity contribution is -0.274. The fraction of sp³-hybridized carbons (Fsp3) is 0.214. The van der Waals surface area contributed by atoms with Gasteiger partial charge in [0.15, 0.2) is 5.69 Å². The summed E-state index contributed by atoms with van der Waals surface area (Å²) in [5.74, 6) is -0.732. The Bertz CT molecular complexity index is 745. The van der Waals surface area contributed by atoms with Crippen molar-refractivity contribution in [2.45, 2.75) is 18.7 Å². The van der Waals surface area contributed by atoms with Gasteiger partial charge in [0.25, 0.3) is 0 Å². The molecule has 0 aliphatic rings. The predicted molar refractivity (Wildman–Crippen MR) is 66.4 cm³/mol. The van der Waals surface area contributed by atoms with Crippen LogP contribution in [0.2, 0.25) is 0 Å². The molecule has 1 aromatic heterocycles. The second kappa shape index (κ2) is 6.12. The van der Waals surface area contributed by atoms with E-state index in [1.54, 1.807) is 0 Å². The number of alkyl halides is 9. The van der Waals surface area contributed by atoms with Crippen LogP contribution in [0.25, 0.3) is 11.1 Å². The highest BCUT2D eigenvalue weighted by Gasteiger charge is 2.39. The average Bonchev–Trinajstić information content (AvgIpc) is 2.44. The van der Waals surface area contributed by atoms with Gasteiger partial charge in [-0.2, -0.15) is 26.3 Å². The van der Waals surface area contributed by atoms with Gasteiger partial charge in [-0.15, -0.1) is 13.2 Å². The quantitative estimate of drug-likeness (QED) is 0.630. The Hall–Kier alpha value is -2.46. The average molecular weight is 375 g/mol. The number of hydrogen-bond donors (Lipinski definition) is 0. The number of nitrogens with zero attached hydrogens (tertiary/aromatic N) is 1. The van der Waals surface area contributed by atoms with Gasteiger partial charge in [-0.25, -0.2) is 0 Å². The number of rotatable bonds is 2. The molecule has 0 aliphatic heterocycles. The van der Waals surface area contributed by atoms with Gasteiger partial charge >= 0.3 is 18.7 Å². The van der Waals surface area contributed by atoms with E-state index >= 15 is 0 Å². The normalized spacial score (nSPS) is 13.0. The zero-order valence-corrected chi connectivity index (χ0v) is 11.7. The SMILES string of the molecule is FC(F)(F)Oc1ccc(-c2cc(C(F)(F)F)cnc2C(F)(F)F)cc1. The Morgan fingerprint density at radius 3 is 1.76 bits per heavy atom. The van der Waals surface area contributed by atoms with Crippen molar-refractivity contribution < 1.29 is 44.3 Å². The van der Waals surface area contributed by atoms with Crippen molar-refractivity contribution in [3.8, 4) is 16.9 Å². The van der Waals surface area contributed by atoms with E-state index in [4.69, 9.17) is 0 Å². The fourth-order valence-corrected chi connectivity index (χ4v) is 1.90.